The molecule has 2 aliphatic rings. The van der Waals surface area contributed by atoms with Crippen LogP contribution in [0.15, 0.2) is 20.2 Å². The smallest absolute Gasteiger partial charge is 0.101 e. The van der Waals surface area contributed by atoms with Gasteiger partial charge in [-0.2, -0.15) is 10.2 Å². The Bertz CT molecular complexity index is 386. The van der Waals surface area contributed by atoms with Crippen molar-refractivity contribution in [3.05, 3.63) is 0 Å². The maximum Gasteiger partial charge on any atom is 0.101 e. The number of nitrogens with zero attached hydrogens (tertiary/aromatic N) is 4. The van der Waals surface area contributed by atoms with E-state index in [1.165, 1.54) is 0 Å². The molecule has 0 aromatic heterocycles. The number of azo groups is 1. The molecule has 22 heavy (non-hydrogen) atoms. The Kier molecular flexibility index (Phi) is 9.60. The van der Waals surface area contributed by atoms with Gasteiger partial charge in [-0.05, 0) is 13.8 Å². The normalized spacial score (nSPS) is 26.2. The maximum atomic E-state index is 4.48. The lowest BCUT2D eigenvalue weighted by Crippen LogP contribution is -2.32. The second-order valence-corrected chi connectivity index (χ2v) is 5.99. The fourth-order valence-electron chi connectivity index (χ4n) is 2.29. The first-order chi connectivity index (χ1) is 9.56. The lowest BCUT2D eigenvalue weighted by atomic mass is 10.1. The van der Waals surface area contributed by atoms with Gasteiger partial charge < -0.3 is 10.6 Å². The van der Waals surface area contributed by atoms with Gasteiger partial charge in [-0.1, -0.05) is 13.8 Å². The number of hydrogen-bond donors (Lipinski definition) is 2. The van der Waals surface area contributed by atoms with Crippen LogP contribution in [0, 0.1) is 11.8 Å². The van der Waals surface area contributed by atoms with Gasteiger partial charge in [0.15, 0.2) is 0 Å². The van der Waals surface area contributed by atoms with E-state index < -0.39 is 0 Å². The second-order valence-electron chi connectivity index (χ2n) is 5.99. The Morgan fingerprint density at radius 2 is 1.27 bits per heavy atom. The largest absolute Gasteiger partial charge is 0.369 e. The second kappa shape index (κ2) is 10.0. The van der Waals surface area contributed by atoms with Gasteiger partial charge in [-0.25, -0.2) is 0 Å². The zero-order chi connectivity index (χ0) is 14.5. The topological polar surface area (TPSA) is 73.5 Å². The highest BCUT2D eigenvalue weighted by molar-refractivity contribution is 5.86. The summed E-state index contributed by atoms with van der Waals surface area (Å²) >= 11 is 0. The van der Waals surface area contributed by atoms with Crippen molar-refractivity contribution in [1.82, 2.24) is 10.6 Å². The van der Waals surface area contributed by atoms with Gasteiger partial charge >= 0.3 is 0 Å². The Labute approximate surface area is 145 Å². The van der Waals surface area contributed by atoms with E-state index in [9.17, 15) is 0 Å². The molecule has 6 nitrogen and oxygen atoms in total. The van der Waals surface area contributed by atoms with Crippen molar-refractivity contribution in [3.8, 4) is 0 Å². The van der Waals surface area contributed by atoms with Crippen LogP contribution in [0.4, 0.5) is 0 Å². The van der Waals surface area contributed by atoms with Crippen molar-refractivity contribution < 1.29 is 0 Å². The van der Waals surface area contributed by atoms with Crippen molar-refractivity contribution in [2.45, 2.75) is 39.8 Å². The Morgan fingerprint density at radius 1 is 0.909 bits per heavy atom. The number of halogens is 2. The molecule has 2 aliphatic heterocycles. The van der Waals surface area contributed by atoms with E-state index in [0.29, 0.717) is 37.0 Å². The van der Waals surface area contributed by atoms with Gasteiger partial charge in [0, 0.05) is 23.9 Å². The minimum atomic E-state index is 0. The summed E-state index contributed by atoms with van der Waals surface area (Å²) < 4.78 is 0. The zero-order valence-electron chi connectivity index (χ0n) is 13.7. The summed E-state index contributed by atoms with van der Waals surface area (Å²) in [7, 11) is 0. The molecule has 0 saturated heterocycles. The standard InChI is InChI=1S/C14H26N6.2ClH/c1-9(13-15-7-11(3)19-13)5-17-18-6-10(2)14-16-8-12(4)20-14;;/h9-12H,5-8H2,1-4H3,(H,15,19)(H,16,20);2*1H/b18-17+;;. The Balaban J connectivity index is 0.00000220. The summed E-state index contributed by atoms with van der Waals surface area (Å²) in [4.78, 5) is 8.95. The molecular weight excluding hydrogens is 323 g/mol. The highest BCUT2D eigenvalue weighted by Gasteiger charge is 2.19. The average Bonchev–Trinajstić information content (AvgIpc) is 3.03. The maximum absolute atomic E-state index is 4.48. The van der Waals surface area contributed by atoms with Crippen molar-refractivity contribution in [3.63, 3.8) is 0 Å². The highest BCUT2D eigenvalue weighted by Crippen LogP contribution is 2.07. The number of nitrogens with one attached hydrogen (secondary N) is 2. The summed E-state index contributed by atoms with van der Waals surface area (Å²) in [5.41, 5.74) is 0. The molecule has 0 amide bonds. The first-order valence-corrected chi connectivity index (χ1v) is 7.51. The number of aliphatic imine (C=N–C) groups is 2. The highest BCUT2D eigenvalue weighted by atomic mass is 35.5. The van der Waals surface area contributed by atoms with Crippen LogP contribution in [0.3, 0.4) is 0 Å². The summed E-state index contributed by atoms with van der Waals surface area (Å²) in [6.45, 7) is 11.7. The molecule has 0 spiro atoms. The van der Waals surface area contributed by atoms with Gasteiger partial charge in [0.25, 0.3) is 0 Å². The molecule has 0 bridgehead atoms. The van der Waals surface area contributed by atoms with Gasteiger partial charge in [-0.15, -0.1) is 24.8 Å². The fourth-order valence-corrected chi connectivity index (χ4v) is 2.29. The van der Waals surface area contributed by atoms with Crippen molar-refractivity contribution in [2.75, 3.05) is 26.2 Å². The van der Waals surface area contributed by atoms with E-state index in [2.05, 4.69) is 58.5 Å². The first kappa shape index (κ1) is 21.1. The number of rotatable bonds is 6. The van der Waals surface area contributed by atoms with Crippen LogP contribution in [0.1, 0.15) is 27.7 Å². The molecular formula is C14H28Cl2N6. The minimum Gasteiger partial charge on any atom is -0.369 e. The lowest BCUT2D eigenvalue weighted by molar-refractivity contribution is 0.653. The number of hydrogen-bond acceptors (Lipinski definition) is 6. The minimum absolute atomic E-state index is 0. The van der Waals surface area contributed by atoms with Crippen LogP contribution in [-0.2, 0) is 0 Å². The average molecular weight is 351 g/mol. The Hall–Kier alpha value is -0.880. The van der Waals surface area contributed by atoms with Crippen molar-refractivity contribution in [2.24, 2.45) is 32.0 Å². The summed E-state index contributed by atoms with van der Waals surface area (Å²) in [5.74, 6) is 2.78. The van der Waals surface area contributed by atoms with Crippen LogP contribution in [0.2, 0.25) is 0 Å². The van der Waals surface area contributed by atoms with Gasteiger partial charge in [0.2, 0.25) is 0 Å². The van der Waals surface area contributed by atoms with E-state index in [4.69, 9.17) is 0 Å². The molecule has 0 aliphatic carbocycles. The van der Waals surface area contributed by atoms with E-state index >= 15 is 0 Å². The van der Waals surface area contributed by atoms with E-state index in [-0.39, 0.29) is 24.8 Å². The number of amidine groups is 2. The monoisotopic (exact) mass is 350 g/mol. The predicted octanol–water partition coefficient (Wildman–Crippen LogP) is 2.33. The zero-order valence-corrected chi connectivity index (χ0v) is 15.4. The third kappa shape index (κ3) is 6.08. The lowest BCUT2D eigenvalue weighted by Gasteiger charge is -2.12. The Morgan fingerprint density at radius 3 is 1.55 bits per heavy atom. The van der Waals surface area contributed by atoms with E-state index in [0.717, 1.165) is 24.8 Å². The van der Waals surface area contributed by atoms with Gasteiger partial charge in [-0.3, -0.25) is 9.98 Å². The molecule has 4 atom stereocenters. The quantitative estimate of drug-likeness (QED) is 0.721. The van der Waals surface area contributed by atoms with Crippen LogP contribution >= 0.6 is 24.8 Å². The SMILES string of the molecule is CC1CN=C(C(C)C/N=N/CC(C)C2=NCC(C)N2)N1.Cl.Cl. The molecule has 4 unspecified atom stereocenters. The molecule has 2 rings (SSSR count). The first-order valence-electron chi connectivity index (χ1n) is 7.51. The third-order valence-electron chi connectivity index (χ3n) is 3.60. The van der Waals surface area contributed by atoms with E-state index in [1.54, 1.807) is 0 Å². The molecule has 2 N–H and O–H groups in total. The molecule has 0 radical (unpaired) electrons. The molecule has 0 saturated carbocycles. The van der Waals surface area contributed by atoms with Crippen LogP contribution in [-0.4, -0.2) is 49.9 Å². The van der Waals surface area contributed by atoms with Crippen LogP contribution < -0.4 is 10.6 Å². The van der Waals surface area contributed by atoms with Crippen LogP contribution in [0.5, 0.6) is 0 Å². The molecule has 0 fully saturated rings. The summed E-state index contributed by atoms with van der Waals surface area (Å²) in [5, 5.41) is 15.3. The molecule has 128 valence electrons. The van der Waals surface area contributed by atoms with Crippen LogP contribution in [0.25, 0.3) is 0 Å². The molecule has 0 aromatic carbocycles. The van der Waals surface area contributed by atoms with Gasteiger partial charge in [0.1, 0.15) is 11.7 Å². The third-order valence-corrected chi connectivity index (χ3v) is 3.60. The predicted molar refractivity (Wildman–Crippen MR) is 97.2 cm³/mol. The molecule has 8 heteroatoms. The van der Waals surface area contributed by atoms with E-state index in [1.807, 2.05) is 0 Å². The van der Waals surface area contributed by atoms with Crippen molar-refractivity contribution >= 4 is 36.5 Å². The fraction of sp³-hybridized carbons (Fsp3) is 0.857. The summed E-state index contributed by atoms with van der Waals surface area (Å²) in [6.07, 6.45) is 0. The molecule has 2 heterocycles. The molecule has 0 aromatic rings. The summed E-state index contributed by atoms with van der Waals surface area (Å²) in [6, 6.07) is 0.913. The van der Waals surface area contributed by atoms with Gasteiger partial charge in [0.05, 0.1) is 26.2 Å². The van der Waals surface area contributed by atoms with Crippen molar-refractivity contribution in [1.29, 1.82) is 0 Å².